The van der Waals surface area contributed by atoms with Gasteiger partial charge >= 0.3 is 5.97 Å². The van der Waals surface area contributed by atoms with Crippen LogP contribution in [0, 0.1) is 0 Å². The van der Waals surface area contributed by atoms with E-state index in [2.05, 4.69) is 10.1 Å². The normalized spacial score (nSPS) is 10.7. The van der Waals surface area contributed by atoms with Crippen molar-refractivity contribution in [1.82, 2.24) is 10.1 Å². The third kappa shape index (κ3) is 3.13. The Bertz CT molecular complexity index is 535. The fraction of sp³-hybridized carbons (Fsp3) is 0.364. The summed E-state index contributed by atoms with van der Waals surface area (Å²) in [6, 6.07) is 3.03. The zero-order valence-corrected chi connectivity index (χ0v) is 10.6. The van der Waals surface area contributed by atoms with E-state index in [4.69, 9.17) is 14.0 Å². The Labute approximate surface area is 107 Å². The maximum Gasteiger partial charge on any atom is 0.371 e. The number of furan rings is 1. The fourth-order valence-corrected chi connectivity index (χ4v) is 2.02. The van der Waals surface area contributed by atoms with Gasteiger partial charge in [-0.2, -0.15) is 4.98 Å². The van der Waals surface area contributed by atoms with Gasteiger partial charge in [-0.1, -0.05) is 23.8 Å². The molecule has 0 atom stereocenters. The van der Waals surface area contributed by atoms with E-state index in [1.165, 1.54) is 17.8 Å². The molecule has 0 radical (unpaired) electrons. The summed E-state index contributed by atoms with van der Waals surface area (Å²) in [6.07, 6.45) is 1.75. The van der Waals surface area contributed by atoms with E-state index in [0.717, 1.165) is 12.8 Å². The minimum absolute atomic E-state index is 0.0744. The van der Waals surface area contributed by atoms with Gasteiger partial charge in [0.15, 0.2) is 10.9 Å². The predicted molar refractivity (Wildman–Crippen MR) is 63.5 cm³/mol. The van der Waals surface area contributed by atoms with E-state index in [1.807, 2.05) is 6.92 Å². The van der Waals surface area contributed by atoms with Crippen LogP contribution in [0.25, 0.3) is 0 Å². The Morgan fingerprint density at radius 2 is 2.33 bits per heavy atom. The molecule has 2 aromatic rings. The average molecular weight is 268 g/mol. The second kappa shape index (κ2) is 5.72. The summed E-state index contributed by atoms with van der Waals surface area (Å²) in [6.45, 7) is 2.04. The van der Waals surface area contributed by atoms with Crippen LogP contribution in [-0.2, 0) is 12.2 Å². The summed E-state index contributed by atoms with van der Waals surface area (Å²) in [5, 5.41) is 13.0. The molecular formula is C11H12N2O4S. The third-order valence-corrected chi connectivity index (χ3v) is 3.01. The largest absolute Gasteiger partial charge is 0.475 e. The number of carboxylic acids is 1. The molecule has 0 aliphatic rings. The van der Waals surface area contributed by atoms with Crippen molar-refractivity contribution in [1.29, 1.82) is 0 Å². The Kier molecular flexibility index (Phi) is 4.03. The van der Waals surface area contributed by atoms with Crippen molar-refractivity contribution in [2.45, 2.75) is 30.6 Å². The van der Waals surface area contributed by atoms with Gasteiger partial charge in [0, 0.05) is 6.42 Å². The number of carbonyl (C=O) groups is 1. The lowest BCUT2D eigenvalue weighted by Crippen LogP contribution is -1.91. The molecule has 2 aromatic heterocycles. The first kappa shape index (κ1) is 12.7. The molecule has 0 bridgehead atoms. The summed E-state index contributed by atoms with van der Waals surface area (Å²) >= 11 is 1.32. The molecule has 2 rings (SSSR count). The van der Waals surface area contributed by atoms with E-state index in [9.17, 15) is 4.79 Å². The molecule has 0 aliphatic heterocycles. The smallest absolute Gasteiger partial charge is 0.371 e. The first-order valence-corrected chi connectivity index (χ1v) is 6.45. The average Bonchev–Trinajstić information content (AvgIpc) is 2.95. The summed E-state index contributed by atoms with van der Waals surface area (Å²) < 4.78 is 10.1. The van der Waals surface area contributed by atoms with E-state index in [0.29, 0.717) is 22.6 Å². The van der Waals surface area contributed by atoms with Crippen LogP contribution in [0.5, 0.6) is 0 Å². The molecule has 7 heteroatoms. The minimum Gasteiger partial charge on any atom is -0.475 e. The second-order valence-electron chi connectivity index (χ2n) is 3.57. The van der Waals surface area contributed by atoms with Crippen LogP contribution >= 0.6 is 11.8 Å². The summed E-state index contributed by atoms with van der Waals surface area (Å²) in [4.78, 5) is 14.8. The van der Waals surface area contributed by atoms with Crippen LogP contribution in [-0.4, -0.2) is 21.2 Å². The van der Waals surface area contributed by atoms with E-state index < -0.39 is 5.97 Å². The zero-order chi connectivity index (χ0) is 13.0. The van der Waals surface area contributed by atoms with Gasteiger partial charge in [0.05, 0.1) is 5.75 Å². The highest BCUT2D eigenvalue weighted by atomic mass is 32.2. The standard InChI is InChI=1S/C11H12N2O4S/c1-2-3-8-12-9(17-13-8)6-18-10-5-4-7(16-10)11(14)15/h4-5H,2-3,6H2,1H3,(H,14,15). The van der Waals surface area contributed by atoms with Gasteiger partial charge in [0.25, 0.3) is 0 Å². The molecule has 1 N–H and O–H groups in total. The number of aryl methyl sites for hydroxylation is 1. The molecule has 2 heterocycles. The number of aromatic carboxylic acids is 1. The lowest BCUT2D eigenvalue weighted by Gasteiger charge is -1.91. The van der Waals surface area contributed by atoms with Gasteiger partial charge in [-0.3, -0.25) is 0 Å². The van der Waals surface area contributed by atoms with Crippen molar-refractivity contribution in [3.05, 3.63) is 29.6 Å². The van der Waals surface area contributed by atoms with Crippen LogP contribution < -0.4 is 0 Å². The molecule has 0 unspecified atom stereocenters. The van der Waals surface area contributed by atoms with Crippen LogP contribution in [0.2, 0.25) is 0 Å². The highest BCUT2D eigenvalue weighted by molar-refractivity contribution is 7.98. The van der Waals surface area contributed by atoms with Gasteiger partial charge in [-0.05, 0) is 18.6 Å². The Hall–Kier alpha value is -1.76. The van der Waals surface area contributed by atoms with E-state index in [-0.39, 0.29) is 5.76 Å². The van der Waals surface area contributed by atoms with Gasteiger partial charge < -0.3 is 14.0 Å². The van der Waals surface area contributed by atoms with Crippen molar-refractivity contribution < 1.29 is 18.8 Å². The SMILES string of the molecule is CCCc1noc(CSc2ccc(C(=O)O)o2)n1. The topological polar surface area (TPSA) is 89.4 Å². The van der Waals surface area contributed by atoms with Gasteiger partial charge in [0.1, 0.15) is 0 Å². The lowest BCUT2D eigenvalue weighted by molar-refractivity contribution is 0.0656. The maximum atomic E-state index is 10.6. The first-order valence-electron chi connectivity index (χ1n) is 5.46. The summed E-state index contributed by atoms with van der Waals surface area (Å²) in [5.41, 5.74) is 0. The molecule has 6 nitrogen and oxygen atoms in total. The van der Waals surface area contributed by atoms with Crippen molar-refractivity contribution >= 4 is 17.7 Å². The second-order valence-corrected chi connectivity index (χ2v) is 4.55. The first-order chi connectivity index (χ1) is 8.69. The molecule has 96 valence electrons. The number of hydrogen-bond donors (Lipinski definition) is 1. The minimum atomic E-state index is -1.08. The Morgan fingerprint density at radius 1 is 1.50 bits per heavy atom. The van der Waals surface area contributed by atoms with Crippen LogP contribution in [0.4, 0.5) is 0 Å². The molecule has 0 saturated heterocycles. The number of nitrogens with zero attached hydrogens (tertiary/aromatic N) is 2. The Morgan fingerprint density at radius 3 is 3.00 bits per heavy atom. The quantitative estimate of drug-likeness (QED) is 0.805. The monoisotopic (exact) mass is 268 g/mol. The molecule has 0 fully saturated rings. The van der Waals surface area contributed by atoms with Crippen LogP contribution in [0.15, 0.2) is 26.2 Å². The number of hydrogen-bond acceptors (Lipinski definition) is 6. The van der Waals surface area contributed by atoms with Crippen LogP contribution in [0.1, 0.15) is 35.6 Å². The molecule has 0 aromatic carbocycles. The molecule has 18 heavy (non-hydrogen) atoms. The molecule has 0 amide bonds. The highest BCUT2D eigenvalue weighted by Gasteiger charge is 2.11. The molecule has 0 saturated carbocycles. The molecular weight excluding hydrogens is 256 g/mol. The van der Waals surface area contributed by atoms with E-state index >= 15 is 0 Å². The molecule has 0 aliphatic carbocycles. The van der Waals surface area contributed by atoms with Crippen molar-refractivity contribution in [3.8, 4) is 0 Å². The predicted octanol–water partition coefficient (Wildman–Crippen LogP) is 2.61. The molecule has 0 spiro atoms. The van der Waals surface area contributed by atoms with Crippen LogP contribution in [0.3, 0.4) is 0 Å². The lowest BCUT2D eigenvalue weighted by atomic mass is 10.3. The number of thioether (sulfide) groups is 1. The summed E-state index contributed by atoms with van der Waals surface area (Å²) in [5.74, 6) is 0.513. The van der Waals surface area contributed by atoms with Crippen molar-refractivity contribution in [2.75, 3.05) is 0 Å². The summed E-state index contributed by atoms with van der Waals surface area (Å²) in [7, 11) is 0. The van der Waals surface area contributed by atoms with E-state index in [1.54, 1.807) is 6.07 Å². The maximum absolute atomic E-state index is 10.6. The van der Waals surface area contributed by atoms with Gasteiger partial charge in [0.2, 0.25) is 11.7 Å². The number of carboxylic acid groups (broad SMARTS) is 1. The van der Waals surface area contributed by atoms with Gasteiger partial charge in [-0.15, -0.1) is 0 Å². The van der Waals surface area contributed by atoms with Crippen molar-refractivity contribution in [3.63, 3.8) is 0 Å². The fourth-order valence-electron chi connectivity index (χ4n) is 1.32. The third-order valence-electron chi connectivity index (χ3n) is 2.11. The highest BCUT2D eigenvalue weighted by Crippen LogP contribution is 2.24. The number of rotatable bonds is 6. The number of aromatic nitrogens is 2. The van der Waals surface area contributed by atoms with Crippen molar-refractivity contribution in [2.24, 2.45) is 0 Å². The Balaban J connectivity index is 1.91. The van der Waals surface area contributed by atoms with Gasteiger partial charge in [-0.25, -0.2) is 4.79 Å². The zero-order valence-electron chi connectivity index (χ0n) is 9.75.